The van der Waals surface area contributed by atoms with Crippen molar-refractivity contribution in [3.63, 3.8) is 0 Å². The Morgan fingerprint density at radius 2 is 2.12 bits per heavy atom. The molecule has 2 aliphatic heterocycles. The number of nitrogens with zero attached hydrogens (tertiary/aromatic N) is 2. The SMILES string of the molecule is CCC[C@@H](NC=O)[C@@H]1COc2cccc(N3CCN(C)CC3)c2C1. The van der Waals surface area contributed by atoms with Crippen molar-refractivity contribution in [2.24, 2.45) is 5.92 Å². The van der Waals surface area contributed by atoms with Crippen LogP contribution in [0.5, 0.6) is 5.75 Å². The lowest BCUT2D eigenvalue weighted by molar-refractivity contribution is -0.110. The summed E-state index contributed by atoms with van der Waals surface area (Å²) in [5, 5.41) is 3.01. The molecule has 0 bridgehead atoms. The summed E-state index contributed by atoms with van der Waals surface area (Å²) in [6.45, 7) is 7.15. The average Bonchev–Trinajstić information content (AvgIpc) is 2.61. The predicted molar refractivity (Wildman–Crippen MR) is 96.7 cm³/mol. The van der Waals surface area contributed by atoms with Crippen LogP contribution in [-0.2, 0) is 11.2 Å². The van der Waals surface area contributed by atoms with Gasteiger partial charge in [-0.3, -0.25) is 4.79 Å². The number of carbonyl (C=O) groups is 1. The van der Waals surface area contributed by atoms with Gasteiger partial charge in [0.2, 0.25) is 6.41 Å². The summed E-state index contributed by atoms with van der Waals surface area (Å²) in [7, 11) is 2.18. The fourth-order valence-corrected chi connectivity index (χ4v) is 3.87. The summed E-state index contributed by atoms with van der Waals surface area (Å²) >= 11 is 0. The second-order valence-corrected chi connectivity index (χ2v) is 7.00. The highest BCUT2D eigenvalue weighted by Gasteiger charge is 2.30. The van der Waals surface area contributed by atoms with Crippen LogP contribution in [0, 0.1) is 5.92 Å². The van der Waals surface area contributed by atoms with E-state index in [1.54, 1.807) is 0 Å². The van der Waals surface area contributed by atoms with Crippen LogP contribution in [0.2, 0.25) is 0 Å². The number of fused-ring (bicyclic) bond motifs is 1. The molecule has 2 heterocycles. The molecule has 5 heteroatoms. The van der Waals surface area contributed by atoms with Gasteiger partial charge in [-0.2, -0.15) is 0 Å². The van der Waals surface area contributed by atoms with Gasteiger partial charge in [0.15, 0.2) is 0 Å². The van der Waals surface area contributed by atoms with E-state index in [1.807, 2.05) is 0 Å². The Morgan fingerprint density at radius 1 is 1.33 bits per heavy atom. The minimum absolute atomic E-state index is 0.196. The van der Waals surface area contributed by atoms with Crippen molar-refractivity contribution in [3.8, 4) is 5.75 Å². The first kappa shape index (κ1) is 17.1. The number of nitrogens with one attached hydrogen (secondary N) is 1. The number of amides is 1. The molecule has 1 N–H and O–H groups in total. The molecule has 24 heavy (non-hydrogen) atoms. The Balaban J connectivity index is 1.80. The molecule has 132 valence electrons. The van der Waals surface area contributed by atoms with Crippen molar-refractivity contribution >= 4 is 12.1 Å². The molecular formula is C19H29N3O2. The first-order chi connectivity index (χ1) is 11.7. The van der Waals surface area contributed by atoms with Crippen LogP contribution in [-0.4, -0.2) is 57.2 Å². The van der Waals surface area contributed by atoms with Gasteiger partial charge in [0.1, 0.15) is 5.75 Å². The van der Waals surface area contributed by atoms with E-state index in [1.165, 1.54) is 11.3 Å². The molecule has 0 aliphatic carbocycles. The van der Waals surface area contributed by atoms with Gasteiger partial charge >= 0.3 is 0 Å². The lowest BCUT2D eigenvalue weighted by Gasteiger charge is -2.38. The van der Waals surface area contributed by atoms with Crippen molar-refractivity contribution in [1.82, 2.24) is 10.2 Å². The van der Waals surface area contributed by atoms with Crippen LogP contribution in [0.15, 0.2) is 18.2 Å². The van der Waals surface area contributed by atoms with Crippen LogP contribution in [0.4, 0.5) is 5.69 Å². The Labute approximate surface area is 145 Å². The van der Waals surface area contributed by atoms with Gasteiger partial charge < -0.3 is 19.9 Å². The Hall–Kier alpha value is -1.75. The van der Waals surface area contributed by atoms with Gasteiger partial charge in [-0.1, -0.05) is 19.4 Å². The third-order valence-electron chi connectivity index (χ3n) is 5.32. The van der Waals surface area contributed by atoms with E-state index >= 15 is 0 Å². The zero-order valence-corrected chi connectivity index (χ0v) is 14.8. The number of anilines is 1. The normalized spacial score (nSPS) is 22.4. The maximum Gasteiger partial charge on any atom is 0.207 e. The van der Waals surface area contributed by atoms with Crippen LogP contribution >= 0.6 is 0 Å². The number of carbonyl (C=O) groups excluding carboxylic acids is 1. The van der Waals surface area contributed by atoms with Crippen LogP contribution < -0.4 is 15.0 Å². The first-order valence-corrected chi connectivity index (χ1v) is 9.10. The fourth-order valence-electron chi connectivity index (χ4n) is 3.87. The highest BCUT2D eigenvalue weighted by Crippen LogP contribution is 2.36. The molecule has 5 nitrogen and oxygen atoms in total. The van der Waals surface area contributed by atoms with E-state index in [0.717, 1.165) is 57.6 Å². The Kier molecular flexibility index (Phi) is 5.61. The number of rotatable bonds is 6. The van der Waals surface area contributed by atoms with Gasteiger partial charge in [-0.25, -0.2) is 0 Å². The number of ether oxygens (including phenoxy) is 1. The zero-order valence-electron chi connectivity index (χ0n) is 14.8. The lowest BCUT2D eigenvalue weighted by atomic mass is 9.87. The Morgan fingerprint density at radius 3 is 2.83 bits per heavy atom. The molecule has 1 amide bonds. The van der Waals surface area contributed by atoms with Gasteiger partial charge in [0, 0.05) is 49.4 Å². The van der Waals surface area contributed by atoms with E-state index in [9.17, 15) is 4.79 Å². The molecule has 0 unspecified atom stereocenters. The molecule has 1 aromatic rings. The molecule has 0 aromatic heterocycles. The van der Waals surface area contributed by atoms with Crippen molar-refractivity contribution in [1.29, 1.82) is 0 Å². The van der Waals surface area contributed by atoms with Gasteiger partial charge in [-0.05, 0) is 32.0 Å². The summed E-state index contributed by atoms with van der Waals surface area (Å²) in [5.41, 5.74) is 2.62. The number of likely N-dealkylation sites (N-methyl/N-ethyl adjacent to an activating group) is 1. The molecule has 1 fully saturated rings. The van der Waals surface area contributed by atoms with E-state index < -0.39 is 0 Å². The minimum atomic E-state index is 0.196. The quantitative estimate of drug-likeness (QED) is 0.809. The maximum absolute atomic E-state index is 11.0. The van der Waals surface area contributed by atoms with Crippen molar-refractivity contribution < 1.29 is 9.53 Å². The van der Waals surface area contributed by atoms with Crippen molar-refractivity contribution in [2.45, 2.75) is 32.2 Å². The largest absolute Gasteiger partial charge is 0.493 e. The van der Waals surface area contributed by atoms with Gasteiger partial charge in [-0.15, -0.1) is 0 Å². The van der Waals surface area contributed by atoms with Gasteiger partial charge in [0.25, 0.3) is 0 Å². The number of piperazine rings is 1. The highest BCUT2D eigenvalue weighted by molar-refractivity contribution is 5.60. The summed E-state index contributed by atoms with van der Waals surface area (Å²) in [4.78, 5) is 15.8. The number of benzene rings is 1. The molecule has 0 saturated carbocycles. The first-order valence-electron chi connectivity index (χ1n) is 9.10. The van der Waals surface area contributed by atoms with E-state index in [-0.39, 0.29) is 6.04 Å². The second-order valence-electron chi connectivity index (χ2n) is 7.00. The van der Waals surface area contributed by atoms with E-state index in [4.69, 9.17) is 4.74 Å². The molecular weight excluding hydrogens is 302 g/mol. The van der Waals surface area contributed by atoms with Crippen LogP contribution in [0.1, 0.15) is 25.3 Å². The predicted octanol–water partition coefficient (Wildman–Crippen LogP) is 1.90. The van der Waals surface area contributed by atoms with Crippen molar-refractivity contribution in [2.75, 3.05) is 44.7 Å². The number of hydrogen-bond donors (Lipinski definition) is 1. The van der Waals surface area contributed by atoms with Gasteiger partial charge in [0.05, 0.1) is 6.61 Å². The molecule has 1 saturated heterocycles. The third-order valence-corrected chi connectivity index (χ3v) is 5.32. The second kappa shape index (κ2) is 7.88. The standard InChI is InChI=1S/C19H29N3O2/c1-3-5-17(20-14-23)15-12-16-18(6-4-7-19(16)24-13-15)22-10-8-21(2)9-11-22/h4,6-7,14-15,17H,3,5,8-13H2,1-2H3,(H,20,23)/t15-,17+/m0/s1. The van der Waals surface area contributed by atoms with E-state index in [2.05, 4.69) is 47.3 Å². The van der Waals surface area contributed by atoms with Crippen LogP contribution in [0.3, 0.4) is 0 Å². The summed E-state index contributed by atoms with van der Waals surface area (Å²) < 4.78 is 6.07. The zero-order chi connectivity index (χ0) is 16.9. The molecule has 0 spiro atoms. The average molecular weight is 331 g/mol. The summed E-state index contributed by atoms with van der Waals surface area (Å²) in [5.74, 6) is 1.36. The molecule has 2 aliphatic rings. The highest BCUT2D eigenvalue weighted by atomic mass is 16.5. The lowest BCUT2D eigenvalue weighted by Crippen LogP contribution is -2.45. The van der Waals surface area contributed by atoms with Crippen molar-refractivity contribution in [3.05, 3.63) is 23.8 Å². The third kappa shape index (κ3) is 3.66. The monoisotopic (exact) mass is 331 g/mol. The minimum Gasteiger partial charge on any atom is -0.493 e. The van der Waals surface area contributed by atoms with Crippen LogP contribution in [0.25, 0.3) is 0 Å². The molecule has 3 rings (SSSR count). The maximum atomic E-state index is 11.0. The summed E-state index contributed by atoms with van der Waals surface area (Å²) in [6, 6.07) is 6.59. The number of hydrogen-bond acceptors (Lipinski definition) is 4. The molecule has 2 atom stereocenters. The smallest absolute Gasteiger partial charge is 0.207 e. The fraction of sp³-hybridized carbons (Fsp3) is 0.632. The van der Waals surface area contributed by atoms with E-state index in [0.29, 0.717) is 12.5 Å². The Bertz CT molecular complexity index is 556. The molecule has 1 aromatic carbocycles. The topological polar surface area (TPSA) is 44.8 Å². The molecule has 0 radical (unpaired) electrons. The summed E-state index contributed by atoms with van der Waals surface area (Å²) in [6.07, 6.45) is 3.87.